The van der Waals surface area contributed by atoms with Gasteiger partial charge in [0.2, 0.25) is 6.79 Å². The zero-order chi connectivity index (χ0) is 24.6. The minimum Gasteiger partial charge on any atom is -0.465 e. The number of hydrogen-bond donors (Lipinski definition) is 2. The van der Waals surface area contributed by atoms with E-state index >= 15 is 0 Å². The van der Waals surface area contributed by atoms with Crippen molar-refractivity contribution < 1.29 is 9.47 Å². The lowest BCUT2D eigenvalue weighted by Crippen LogP contribution is -2.35. The zero-order valence-electron chi connectivity index (χ0n) is 21.5. The van der Waals surface area contributed by atoms with Crippen LogP contribution in [0.1, 0.15) is 46.0 Å². The third-order valence-corrected chi connectivity index (χ3v) is 6.55. The molecule has 0 bridgehead atoms. The number of amidine groups is 1. The van der Waals surface area contributed by atoms with Gasteiger partial charge in [-0.2, -0.15) is 0 Å². The average molecular weight is 479 g/mol. The Bertz CT molecular complexity index is 854. The van der Waals surface area contributed by atoms with Gasteiger partial charge in [-0.15, -0.1) is 0 Å². The molecule has 0 saturated heterocycles. The second kappa shape index (κ2) is 12.5. The van der Waals surface area contributed by atoms with Crippen LogP contribution in [0.3, 0.4) is 0 Å². The Morgan fingerprint density at radius 2 is 2.12 bits per heavy atom. The minimum absolute atomic E-state index is 0.0673. The SMILES string of the molecule is CCc1c(C(N)=NC)nc(SC2C=COCOC(C)=CC2N(C)C)n1CCNCC(C)(C)C. The summed E-state index contributed by atoms with van der Waals surface area (Å²) in [7, 11) is 5.85. The van der Waals surface area contributed by atoms with Crippen molar-refractivity contribution in [1.82, 2.24) is 19.8 Å². The van der Waals surface area contributed by atoms with Gasteiger partial charge in [0.1, 0.15) is 11.5 Å². The number of allylic oxidation sites excluding steroid dienone is 1. The summed E-state index contributed by atoms with van der Waals surface area (Å²) >= 11 is 1.71. The summed E-state index contributed by atoms with van der Waals surface area (Å²) in [5.41, 5.74) is 8.36. The number of thioether (sulfide) groups is 1. The van der Waals surface area contributed by atoms with Crippen molar-refractivity contribution in [3.05, 3.63) is 35.6 Å². The molecule has 0 aromatic carbocycles. The van der Waals surface area contributed by atoms with Crippen molar-refractivity contribution in [2.45, 2.75) is 64.0 Å². The summed E-state index contributed by atoms with van der Waals surface area (Å²) < 4.78 is 13.4. The van der Waals surface area contributed by atoms with Gasteiger partial charge in [0.25, 0.3) is 0 Å². The summed E-state index contributed by atoms with van der Waals surface area (Å²) in [6, 6.07) is 0.0998. The third kappa shape index (κ3) is 8.08. The Labute approximate surface area is 203 Å². The Morgan fingerprint density at radius 3 is 2.73 bits per heavy atom. The number of imidazole rings is 1. The van der Waals surface area contributed by atoms with E-state index in [0.29, 0.717) is 5.84 Å². The van der Waals surface area contributed by atoms with E-state index in [4.69, 9.17) is 20.2 Å². The Balaban J connectivity index is 2.41. The summed E-state index contributed by atoms with van der Waals surface area (Å²) in [6.45, 7) is 13.6. The maximum Gasteiger partial charge on any atom is 0.229 e. The fourth-order valence-electron chi connectivity index (χ4n) is 3.58. The molecule has 2 unspecified atom stereocenters. The van der Waals surface area contributed by atoms with Crippen LogP contribution in [0, 0.1) is 5.41 Å². The van der Waals surface area contributed by atoms with Crippen LogP contribution in [0.4, 0.5) is 0 Å². The molecule has 0 spiro atoms. The van der Waals surface area contributed by atoms with E-state index in [2.05, 4.69) is 73.7 Å². The highest BCUT2D eigenvalue weighted by molar-refractivity contribution is 8.00. The number of likely N-dealkylation sites (N-methyl/N-ethyl adjacent to an activating group) is 1. The molecule has 3 N–H and O–H groups in total. The maximum absolute atomic E-state index is 6.24. The highest BCUT2D eigenvalue weighted by atomic mass is 32.2. The molecule has 1 aliphatic rings. The Hall–Kier alpha value is -1.97. The van der Waals surface area contributed by atoms with Crippen molar-refractivity contribution in [2.24, 2.45) is 16.1 Å². The first-order valence-electron chi connectivity index (χ1n) is 11.5. The fraction of sp³-hybridized carbons (Fsp3) is 0.667. The van der Waals surface area contributed by atoms with E-state index in [1.54, 1.807) is 25.1 Å². The first-order chi connectivity index (χ1) is 15.6. The number of ether oxygens (including phenoxy) is 2. The lowest BCUT2D eigenvalue weighted by Gasteiger charge is -2.27. The molecule has 0 radical (unpaired) electrons. The van der Waals surface area contributed by atoms with Gasteiger partial charge in [-0.3, -0.25) is 4.99 Å². The largest absolute Gasteiger partial charge is 0.465 e. The van der Waals surface area contributed by atoms with Gasteiger partial charge in [-0.25, -0.2) is 4.98 Å². The standard InChI is InChI=1S/C24H42N6O2S/c1-9-18-21(22(25)26-6)28-23(30(18)12-11-27-15-24(3,4)5)33-20-10-13-31-16-32-17(2)14-19(20)29(7)8/h10,13-14,19-20,27H,9,11-12,15-16H2,1-8H3,(H2,25,26). The van der Waals surface area contributed by atoms with Crippen LogP contribution in [0.5, 0.6) is 0 Å². The molecule has 2 atom stereocenters. The first kappa shape index (κ1) is 27.3. The highest BCUT2D eigenvalue weighted by Gasteiger charge is 2.27. The fourth-order valence-corrected chi connectivity index (χ4v) is 4.90. The predicted molar refractivity (Wildman–Crippen MR) is 138 cm³/mol. The number of nitrogens with two attached hydrogens (primary N) is 1. The molecule has 1 aliphatic heterocycles. The quantitative estimate of drug-likeness (QED) is 0.320. The summed E-state index contributed by atoms with van der Waals surface area (Å²) in [5.74, 6) is 1.31. The van der Waals surface area contributed by atoms with Crippen LogP contribution < -0.4 is 11.1 Å². The van der Waals surface area contributed by atoms with Crippen molar-refractivity contribution in [3.63, 3.8) is 0 Å². The monoisotopic (exact) mass is 478 g/mol. The molecule has 1 aromatic rings. The summed E-state index contributed by atoms with van der Waals surface area (Å²) in [4.78, 5) is 11.4. The number of rotatable bonds is 9. The number of aliphatic imine (C=N–C) groups is 1. The molecule has 1 aromatic heterocycles. The van der Waals surface area contributed by atoms with Gasteiger partial charge in [0, 0.05) is 38.4 Å². The molecular formula is C24H42N6O2S. The predicted octanol–water partition coefficient (Wildman–Crippen LogP) is 3.23. The molecule has 0 amide bonds. The van der Waals surface area contributed by atoms with Crippen molar-refractivity contribution in [3.8, 4) is 0 Å². The Kier molecular flexibility index (Phi) is 10.3. The van der Waals surface area contributed by atoms with E-state index in [-0.39, 0.29) is 23.5 Å². The maximum atomic E-state index is 6.24. The number of nitrogens with zero attached hydrogens (tertiary/aromatic N) is 4. The number of hydrogen-bond acceptors (Lipinski definition) is 7. The van der Waals surface area contributed by atoms with Gasteiger partial charge in [-0.05, 0) is 45.0 Å². The van der Waals surface area contributed by atoms with Gasteiger partial charge in [-0.1, -0.05) is 39.5 Å². The molecule has 0 saturated carbocycles. The molecule has 186 valence electrons. The van der Waals surface area contributed by atoms with Crippen LogP contribution in [0.15, 0.2) is 34.3 Å². The van der Waals surface area contributed by atoms with Gasteiger partial charge in [0.15, 0.2) is 5.16 Å². The van der Waals surface area contributed by atoms with Gasteiger partial charge < -0.3 is 30.0 Å². The second-order valence-corrected chi connectivity index (χ2v) is 10.8. The lowest BCUT2D eigenvalue weighted by molar-refractivity contribution is 0.0295. The number of aromatic nitrogens is 2. The van der Waals surface area contributed by atoms with Crippen LogP contribution in [0.25, 0.3) is 0 Å². The third-order valence-electron chi connectivity index (χ3n) is 5.32. The molecule has 0 fully saturated rings. The molecule has 33 heavy (non-hydrogen) atoms. The molecule has 2 heterocycles. The molecule has 0 aliphatic carbocycles. The van der Waals surface area contributed by atoms with Crippen LogP contribution in [-0.2, 0) is 22.4 Å². The Morgan fingerprint density at radius 1 is 1.39 bits per heavy atom. The average Bonchev–Trinajstić information content (AvgIpc) is 3.12. The number of nitrogens with one attached hydrogen (secondary N) is 1. The topological polar surface area (TPSA) is 89.9 Å². The molecular weight excluding hydrogens is 436 g/mol. The van der Waals surface area contributed by atoms with E-state index in [1.165, 1.54) is 0 Å². The van der Waals surface area contributed by atoms with Crippen molar-refractivity contribution in [1.29, 1.82) is 0 Å². The highest BCUT2D eigenvalue weighted by Crippen LogP contribution is 2.31. The van der Waals surface area contributed by atoms with Crippen molar-refractivity contribution in [2.75, 3.05) is 41.0 Å². The normalized spacial score (nSPS) is 20.0. The van der Waals surface area contributed by atoms with Crippen molar-refractivity contribution >= 4 is 17.6 Å². The molecule has 2 rings (SSSR count). The van der Waals surface area contributed by atoms with Crippen LogP contribution >= 0.6 is 11.8 Å². The molecule has 9 heteroatoms. The van der Waals surface area contributed by atoms with E-state index in [0.717, 1.165) is 48.4 Å². The van der Waals surface area contributed by atoms with E-state index < -0.39 is 0 Å². The summed E-state index contributed by atoms with van der Waals surface area (Å²) in [5, 5.41) is 4.58. The zero-order valence-corrected chi connectivity index (χ0v) is 22.3. The lowest BCUT2D eigenvalue weighted by atomic mass is 9.97. The van der Waals surface area contributed by atoms with Crippen LogP contribution in [0.2, 0.25) is 0 Å². The first-order valence-corrected chi connectivity index (χ1v) is 12.4. The second-order valence-electron chi connectivity index (χ2n) is 9.61. The van der Waals surface area contributed by atoms with E-state index in [1.807, 2.05) is 6.92 Å². The van der Waals surface area contributed by atoms with Gasteiger partial charge in [0.05, 0.1) is 17.3 Å². The smallest absolute Gasteiger partial charge is 0.229 e. The minimum atomic E-state index is 0.0673. The summed E-state index contributed by atoms with van der Waals surface area (Å²) in [6.07, 6.45) is 6.76. The van der Waals surface area contributed by atoms with Crippen LogP contribution in [-0.4, -0.2) is 72.6 Å². The van der Waals surface area contributed by atoms with E-state index in [9.17, 15) is 0 Å². The molecule has 8 nitrogen and oxygen atoms in total. The van der Waals surface area contributed by atoms with Gasteiger partial charge >= 0.3 is 0 Å².